The van der Waals surface area contributed by atoms with Crippen LogP contribution in [-0.4, -0.2) is 69.8 Å². The Balaban J connectivity index is 0.000000212. The molecule has 11 nitrogen and oxygen atoms in total. The second-order valence-electron chi connectivity index (χ2n) is 12.7. The van der Waals surface area contributed by atoms with Crippen molar-refractivity contribution in [1.29, 1.82) is 0 Å². The molecular weight excluding hydrogens is 698 g/mol. The van der Waals surface area contributed by atoms with Crippen LogP contribution >= 0.6 is 0 Å². The zero-order valence-corrected chi connectivity index (χ0v) is 31.0. The van der Waals surface area contributed by atoms with Gasteiger partial charge in [-0.25, -0.2) is 4.79 Å². The number of rotatable bonds is 16. The Morgan fingerprint density at radius 1 is 0.709 bits per heavy atom. The average molecular weight is 746 g/mol. The van der Waals surface area contributed by atoms with Crippen molar-refractivity contribution < 1.29 is 38.4 Å². The Labute approximate surface area is 321 Å². The first-order valence-electron chi connectivity index (χ1n) is 18.0. The largest absolute Gasteiger partial charge is 0.497 e. The number of aliphatic carboxylic acids is 1. The van der Waals surface area contributed by atoms with Gasteiger partial charge in [0, 0.05) is 13.0 Å². The molecule has 286 valence electrons. The summed E-state index contributed by atoms with van der Waals surface area (Å²) >= 11 is 0. The number of fused-ring (bicyclic) bond motifs is 3. The number of methoxy groups -OCH3 is 2. The van der Waals surface area contributed by atoms with Gasteiger partial charge in [0.05, 0.1) is 7.11 Å². The summed E-state index contributed by atoms with van der Waals surface area (Å²) in [6.45, 7) is -0.0960. The van der Waals surface area contributed by atoms with Crippen molar-refractivity contribution in [2.24, 2.45) is 5.73 Å². The van der Waals surface area contributed by atoms with Gasteiger partial charge in [0.2, 0.25) is 5.91 Å². The minimum atomic E-state index is -1.15. The molecule has 0 aliphatic heterocycles. The van der Waals surface area contributed by atoms with E-state index in [-0.39, 0.29) is 19.1 Å². The summed E-state index contributed by atoms with van der Waals surface area (Å²) in [4.78, 5) is 33.6. The van der Waals surface area contributed by atoms with Crippen LogP contribution in [0, 0.1) is 0 Å². The molecule has 6 rings (SSSR count). The van der Waals surface area contributed by atoms with E-state index in [4.69, 9.17) is 29.8 Å². The Bertz CT molecular complexity index is 1910. The lowest BCUT2D eigenvalue weighted by Gasteiger charge is -2.38. The first-order chi connectivity index (χ1) is 26.8. The summed E-state index contributed by atoms with van der Waals surface area (Å²) in [6.07, 6.45) is 0.407. The predicted molar refractivity (Wildman–Crippen MR) is 210 cm³/mol. The minimum Gasteiger partial charge on any atom is -0.497 e. The topological polar surface area (TPSA) is 158 Å². The Morgan fingerprint density at radius 2 is 1.24 bits per heavy atom. The smallest absolute Gasteiger partial charge is 0.407 e. The Kier molecular flexibility index (Phi) is 14.5. The van der Waals surface area contributed by atoms with E-state index in [2.05, 4.69) is 47.0 Å². The lowest BCUT2D eigenvalue weighted by atomic mass is 9.80. The number of hydrogen-bond donors (Lipinski definition) is 4. The Hall–Kier alpha value is -6.01. The maximum absolute atomic E-state index is 11.8. The number of carbonyl (C=O) groups is 3. The van der Waals surface area contributed by atoms with Crippen LogP contribution in [0.2, 0.25) is 0 Å². The second kappa shape index (κ2) is 19.9. The van der Waals surface area contributed by atoms with Crippen LogP contribution < -0.4 is 21.1 Å². The molecule has 5 aromatic carbocycles. The molecule has 11 heteroatoms. The summed E-state index contributed by atoms with van der Waals surface area (Å²) in [5.74, 6) is -1.01. The number of carbonyl (C=O) groups excluding carboxylic acids is 2. The molecular formula is C44H47N3O8. The molecule has 5 N–H and O–H groups in total. The van der Waals surface area contributed by atoms with Gasteiger partial charge < -0.3 is 40.4 Å². The molecule has 1 unspecified atom stereocenters. The number of nitrogens with one attached hydrogen (secondary N) is 2. The number of nitrogens with two attached hydrogens (primary N) is 1. The van der Waals surface area contributed by atoms with E-state index in [1.807, 2.05) is 97.1 Å². The maximum atomic E-state index is 11.8. The van der Waals surface area contributed by atoms with Gasteiger partial charge in [-0.2, -0.15) is 0 Å². The van der Waals surface area contributed by atoms with Crippen LogP contribution in [0.5, 0.6) is 5.75 Å². The lowest BCUT2D eigenvalue weighted by Crippen LogP contribution is -2.39. The van der Waals surface area contributed by atoms with Gasteiger partial charge in [0.25, 0.3) is 0 Å². The highest BCUT2D eigenvalue weighted by Crippen LogP contribution is 2.45. The molecule has 0 fully saturated rings. The van der Waals surface area contributed by atoms with Crippen LogP contribution in [0.25, 0.3) is 11.1 Å². The molecule has 0 radical (unpaired) electrons. The van der Waals surface area contributed by atoms with Gasteiger partial charge in [0.1, 0.15) is 31.0 Å². The quantitative estimate of drug-likeness (QED) is 0.0659. The number of alkyl carbamates (subject to hydrolysis) is 1. The zero-order chi connectivity index (χ0) is 39.0. The third-order valence-electron chi connectivity index (χ3n) is 9.25. The molecule has 0 heterocycles. The van der Waals surface area contributed by atoms with Crippen LogP contribution in [0.4, 0.5) is 4.79 Å². The van der Waals surface area contributed by atoms with E-state index < -0.39 is 36.4 Å². The normalized spacial score (nSPS) is 12.3. The van der Waals surface area contributed by atoms with Crippen molar-refractivity contribution in [2.45, 2.75) is 30.7 Å². The van der Waals surface area contributed by atoms with Crippen LogP contribution in [0.3, 0.4) is 0 Å². The fraction of sp³-hybridized carbons (Fsp3) is 0.250. The van der Waals surface area contributed by atoms with E-state index >= 15 is 0 Å². The third-order valence-corrected chi connectivity index (χ3v) is 9.25. The Morgan fingerprint density at radius 3 is 1.75 bits per heavy atom. The maximum Gasteiger partial charge on any atom is 0.407 e. The van der Waals surface area contributed by atoms with Gasteiger partial charge in [-0.1, -0.05) is 121 Å². The standard InChI is InChI=1S/C25H29NO3.C19H18N2O5/c1-27-23-17-15-22(16-18-23)25(20-10-5-3-6-11-20,21-12-7-4-8-13-21)29-24(28-2)14-9-19-26;22-17(20-10-18(23)24)9-21-19(25)26-11-16-14-7-3-1-5-12(14)13-6-2-4-8-15(13)16/h3-8,10-13,15-18,24H,9,14,19,26H2,1-2H3;1-8,16H,9-11H2,(H,20,22)(H,21,25)(H,23,24). The molecule has 0 aromatic heterocycles. The highest BCUT2D eigenvalue weighted by Gasteiger charge is 2.40. The molecule has 0 saturated heterocycles. The van der Waals surface area contributed by atoms with Crippen LogP contribution in [-0.2, 0) is 29.4 Å². The van der Waals surface area contributed by atoms with Crippen molar-refractivity contribution in [3.8, 4) is 16.9 Å². The molecule has 0 saturated carbocycles. The number of benzene rings is 5. The first-order valence-corrected chi connectivity index (χ1v) is 18.0. The van der Waals surface area contributed by atoms with Gasteiger partial charge in [0.15, 0.2) is 6.29 Å². The SMILES string of the molecule is COc1ccc(C(OC(CCCN)OC)(c2ccccc2)c2ccccc2)cc1.O=C(O)CNC(=O)CNC(=O)OCC1c2ccccc2-c2ccccc21. The molecule has 1 atom stereocenters. The van der Waals surface area contributed by atoms with E-state index in [1.165, 1.54) is 0 Å². The summed E-state index contributed by atoms with van der Waals surface area (Å²) in [7, 11) is 3.34. The zero-order valence-electron chi connectivity index (χ0n) is 31.0. The van der Waals surface area contributed by atoms with Gasteiger partial charge in [-0.05, 0) is 70.5 Å². The number of carboxylic acids is 1. The monoisotopic (exact) mass is 745 g/mol. The van der Waals surface area contributed by atoms with E-state index in [1.54, 1.807) is 14.2 Å². The predicted octanol–water partition coefficient (Wildman–Crippen LogP) is 6.44. The summed E-state index contributed by atoms with van der Waals surface area (Å²) in [5.41, 5.74) is 12.4. The fourth-order valence-electron chi connectivity index (χ4n) is 6.62. The van der Waals surface area contributed by atoms with E-state index in [0.717, 1.165) is 51.1 Å². The molecule has 0 spiro atoms. The summed E-state index contributed by atoms with van der Waals surface area (Å²) in [5, 5.41) is 12.9. The molecule has 5 aromatic rings. The molecule has 1 aliphatic rings. The first kappa shape index (κ1) is 40.2. The number of amides is 2. The highest BCUT2D eigenvalue weighted by molar-refractivity contribution is 5.85. The minimum absolute atomic E-state index is 0.0611. The fourth-order valence-corrected chi connectivity index (χ4v) is 6.62. The van der Waals surface area contributed by atoms with Crippen molar-refractivity contribution in [3.63, 3.8) is 0 Å². The lowest BCUT2D eigenvalue weighted by molar-refractivity contribution is -0.179. The van der Waals surface area contributed by atoms with Crippen molar-refractivity contribution in [2.75, 3.05) is 40.5 Å². The molecule has 55 heavy (non-hydrogen) atoms. The number of carboxylic acid groups (broad SMARTS) is 1. The van der Waals surface area contributed by atoms with Crippen molar-refractivity contribution in [3.05, 3.63) is 161 Å². The second-order valence-corrected chi connectivity index (χ2v) is 12.7. The van der Waals surface area contributed by atoms with Gasteiger partial charge in [-0.3, -0.25) is 9.59 Å². The van der Waals surface area contributed by atoms with Crippen molar-refractivity contribution >= 4 is 18.0 Å². The summed E-state index contributed by atoms with van der Waals surface area (Å²) < 4.78 is 23.2. The summed E-state index contributed by atoms with van der Waals surface area (Å²) in [6, 6.07) is 44.5. The number of hydrogen-bond acceptors (Lipinski definition) is 8. The molecule has 0 bridgehead atoms. The van der Waals surface area contributed by atoms with Gasteiger partial charge >= 0.3 is 12.1 Å². The van der Waals surface area contributed by atoms with Gasteiger partial charge in [-0.15, -0.1) is 0 Å². The molecule has 1 aliphatic carbocycles. The number of ether oxygens (including phenoxy) is 4. The third kappa shape index (κ3) is 10.2. The van der Waals surface area contributed by atoms with E-state index in [0.29, 0.717) is 13.0 Å². The van der Waals surface area contributed by atoms with Crippen LogP contribution in [0.1, 0.15) is 46.6 Å². The molecule has 2 amide bonds. The van der Waals surface area contributed by atoms with Crippen molar-refractivity contribution in [1.82, 2.24) is 10.6 Å². The van der Waals surface area contributed by atoms with Crippen LogP contribution in [0.15, 0.2) is 133 Å². The highest BCUT2D eigenvalue weighted by atomic mass is 16.7. The average Bonchev–Trinajstić information content (AvgIpc) is 3.56. The van der Waals surface area contributed by atoms with E-state index in [9.17, 15) is 14.4 Å².